The van der Waals surface area contributed by atoms with E-state index in [2.05, 4.69) is 10.2 Å². The predicted octanol–water partition coefficient (Wildman–Crippen LogP) is 2.10. The highest BCUT2D eigenvalue weighted by atomic mass is 32.1. The van der Waals surface area contributed by atoms with E-state index < -0.39 is 0 Å². The minimum Gasteiger partial charge on any atom is -0.497 e. The number of benzene rings is 1. The van der Waals surface area contributed by atoms with E-state index in [9.17, 15) is 5.11 Å². The zero-order chi connectivity index (χ0) is 15.2. The molecule has 1 aromatic rings. The molecule has 1 aromatic carbocycles. The number of likely N-dealkylation sites (tertiary alicyclic amines) is 1. The van der Waals surface area contributed by atoms with Crippen LogP contribution in [0.15, 0.2) is 18.2 Å². The summed E-state index contributed by atoms with van der Waals surface area (Å²) in [4.78, 5) is 2.10. The van der Waals surface area contributed by atoms with E-state index in [1.807, 2.05) is 18.2 Å². The molecule has 1 fully saturated rings. The molecule has 0 bridgehead atoms. The standard InChI is InChI=1S/C15H22N2O3S/c1-19-13-6-12(7-14(8-13)20-2)16-15(21)17-5-3-4-11(9-17)10-18/h6-8,11,18H,3-5,9-10H2,1-2H3,(H,16,21)/t11-/m0/s1. The van der Waals surface area contributed by atoms with Crippen LogP contribution in [0.5, 0.6) is 11.5 Å². The molecule has 6 heteroatoms. The van der Waals surface area contributed by atoms with Crippen LogP contribution in [0, 0.1) is 5.92 Å². The molecule has 2 N–H and O–H groups in total. The van der Waals surface area contributed by atoms with Crippen LogP contribution in [0.2, 0.25) is 0 Å². The number of nitrogens with one attached hydrogen (secondary N) is 1. The minimum absolute atomic E-state index is 0.214. The Morgan fingerprint density at radius 2 is 2.00 bits per heavy atom. The SMILES string of the molecule is COc1cc(NC(=S)N2CCC[C@H](CO)C2)cc(OC)c1. The van der Waals surface area contributed by atoms with Crippen LogP contribution in [0.1, 0.15) is 12.8 Å². The van der Waals surface area contributed by atoms with Gasteiger partial charge in [0.1, 0.15) is 11.5 Å². The lowest BCUT2D eigenvalue weighted by atomic mass is 9.99. The summed E-state index contributed by atoms with van der Waals surface area (Å²) in [6.07, 6.45) is 2.11. The fourth-order valence-electron chi connectivity index (χ4n) is 2.48. The molecule has 116 valence electrons. The van der Waals surface area contributed by atoms with Gasteiger partial charge >= 0.3 is 0 Å². The van der Waals surface area contributed by atoms with Gasteiger partial charge in [-0.15, -0.1) is 0 Å². The van der Waals surface area contributed by atoms with Gasteiger partial charge < -0.3 is 24.8 Å². The van der Waals surface area contributed by atoms with Crippen LogP contribution in [0.4, 0.5) is 5.69 Å². The first-order valence-corrected chi connectivity index (χ1v) is 7.47. The highest BCUT2D eigenvalue weighted by Gasteiger charge is 2.21. The number of anilines is 1. The van der Waals surface area contributed by atoms with E-state index in [0.717, 1.165) is 31.6 Å². The number of hydrogen-bond acceptors (Lipinski definition) is 4. The average molecular weight is 310 g/mol. The lowest BCUT2D eigenvalue weighted by Crippen LogP contribution is -2.43. The molecule has 2 rings (SSSR count). The number of aliphatic hydroxyl groups is 1. The molecule has 1 heterocycles. The molecule has 0 saturated carbocycles. The molecule has 0 amide bonds. The van der Waals surface area contributed by atoms with Crippen molar-refractivity contribution in [2.45, 2.75) is 12.8 Å². The largest absolute Gasteiger partial charge is 0.497 e. The summed E-state index contributed by atoms with van der Waals surface area (Å²) in [7, 11) is 3.24. The molecule has 1 aliphatic heterocycles. The Balaban J connectivity index is 2.05. The van der Waals surface area contributed by atoms with Crippen molar-refractivity contribution in [3.63, 3.8) is 0 Å². The Hall–Kier alpha value is -1.53. The van der Waals surface area contributed by atoms with Gasteiger partial charge in [0.05, 0.1) is 14.2 Å². The van der Waals surface area contributed by atoms with Crippen molar-refractivity contribution in [3.05, 3.63) is 18.2 Å². The number of ether oxygens (including phenoxy) is 2. The summed E-state index contributed by atoms with van der Waals surface area (Å²) < 4.78 is 10.5. The van der Waals surface area contributed by atoms with Crippen LogP contribution in [0.25, 0.3) is 0 Å². The number of methoxy groups -OCH3 is 2. The Labute approximate surface area is 130 Å². The van der Waals surface area contributed by atoms with E-state index in [4.69, 9.17) is 21.7 Å². The Morgan fingerprint density at radius 1 is 1.33 bits per heavy atom. The van der Waals surface area contributed by atoms with Crippen molar-refractivity contribution >= 4 is 23.0 Å². The predicted molar refractivity (Wildman–Crippen MR) is 87.1 cm³/mol. The van der Waals surface area contributed by atoms with Crippen LogP contribution in [-0.4, -0.2) is 49.0 Å². The van der Waals surface area contributed by atoms with Gasteiger partial charge in [0, 0.05) is 43.6 Å². The van der Waals surface area contributed by atoms with Gasteiger partial charge in [-0.25, -0.2) is 0 Å². The van der Waals surface area contributed by atoms with Crippen LogP contribution < -0.4 is 14.8 Å². The third kappa shape index (κ3) is 4.22. The Bertz CT molecular complexity index is 474. The first kappa shape index (κ1) is 15.9. The third-order valence-corrected chi connectivity index (χ3v) is 4.03. The number of rotatable bonds is 4. The molecule has 1 aliphatic rings. The highest BCUT2D eigenvalue weighted by molar-refractivity contribution is 7.80. The normalized spacial score (nSPS) is 18.2. The molecular formula is C15H22N2O3S. The second-order valence-corrected chi connectivity index (χ2v) is 5.56. The van der Waals surface area contributed by atoms with Crippen molar-refractivity contribution in [1.82, 2.24) is 4.90 Å². The van der Waals surface area contributed by atoms with E-state index in [0.29, 0.717) is 22.5 Å². The number of aliphatic hydroxyl groups excluding tert-OH is 1. The first-order chi connectivity index (χ1) is 10.2. The van der Waals surface area contributed by atoms with E-state index >= 15 is 0 Å². The number of thiocarbonyl (C=S) groups is 1. The van der Waals surface area contributed by atoms with Gasteiger partial charge in [0.2, 0.25) is 0 Å². The van der Waals surface area contributed by atoms with Crippen molar-refractivity contribution in [3.8, 4) is 11.5 Å². The summed E-state index contributed by atoms with van der Waals surface area (Å²) >= 11 is 5.47. The van der Waals surface area contributed by atoms with Gasteiger partial charge in [-0.05, 0) is 31.0 Å². The number of hydrogen-bond donors (Lipinski definition) is 2. The lowest BCUT2D eigenvalue weighted by Gasteiger charge is -2.33. The zero-order valence-electron chi connectivity index (χ0n) is 12.5. The van der Waals surface area contributed by atoms with Gasteiger partial charge in [0.25, 0.3) is 0 Å². The van der Waals surface area contributed by atoms with E-state index in [-0.39, 0.29) is 6.61 Å². The number of piperidine rings is 1. The van der Waals surface area contributed by atoms with Crippen LogP contribution >= 0.6 is 12.2 Å². The maximum absolute atomic E-state index is 9.29. The summed E-state index contributed by atoms with van der Waals surface area (Å²) in [5, 5.41) is 13.2. The maximum atomic E-state index is 9.29. The maximum Gasteiger partial charge on any atom is 0.173 e. The zero-order valence-corrected chi connectivity index (χ0v) is 13.3. The molecule has 0 spiro atoms. The smallest absolute Gasteiger partial charge is 0.173 e. The van der Waals surface area contributed by atoms with E-state index in [1.54, 1.807) is 14.2 Å². The topological polar surface area (TPSA) is 54.0 Å². The molecule has 0 radical (unpaired) electrons. The molecule has 1 atom stereocenters. The fourth-order valence-corrected chi connectivity index (χ4v) is 2.76. The summed E-state index contributed by atoms with van der Waals surface area (Å²) in [5.74, 6) is 1.73. The summed E-state index contributed by atoms with van der Waals surface area (Å²) in [6.45, 7) is 1.93. The van der Waals surface area contributed by atoms with Crippen molar-refractivity contribution in [1.29, 1.82) is 0 Å². The van der Waals surface area contributed by atoms with Gasteiger partial charge in [-0.3, -0.25) is 0 Å². The molecular weight excluding hydrogens is 288 g/mol. The van der Waals surface area contributed by atoms with Crippen LogP contribution in [-0.2, 0) is 0 Å². The van der Waals surface area contributed by atoms with Crippen LogP contribution in [0.3, 0.4) is 0 Å². The quantitative estimate of drug-likeness (QED) is 0.831. The Morgan fingerprint density at radius 3 is 2.57 bits per heavy atom. The summed E-state index contributed by atoms with van der Waals surface area (Å²) in [6, 6.07) is 5.57. The minimum atomic E-state index is 0.214. The summed E-state index contributed by atoms with van der Waals surface area (Å²) in [5.41, 5.74) is 0.835. The second-order valence-electron chi connectivity index (χ2n) is 5.17. The highest BCUT2D eigenvalue weighted by Crippen LogP contribution is 2.26. The van der Waals surface area contributed by atoms with Crippen molar-refractivity contribution < 1.29 is 14.6 Å². The molecule has 0 aromatic heterocycles. The first-order valence-electron chi connectivity index (χ1n) is 7.06. The van der Waals surface area contributed by atoms with Gasteiger partial charge in [-0.1, -0.05) is 0 Å². The molecule has 0 unspecified atom stereocenters. The monoisotopic (exact) mass is 310 g/mol. The molecule has 0 aliphatic carbocycles. The van der Waals surface area contributed by atoms with E-state index in [1.165, 1.54) is 0 Å². The fraction of sp³-hybridized carbons (Fsp3) is 0.533. The average Bonchev–Trinajstić information content (AvgIpc) is 2.54. The van der Waals surface area contributed by atoms with Crippen molar-refractivity contribution in [2.75, 3.05) is 39.2 Å². The molecule has 21 heavy (non-hydrogen) atoms. The Kier molecular flexibility index (Phi) is 5.64. The second kappa shape index (κ2) is 7.47. The van der Waals surface area contributed by atoms with Gasteiger partial charge in [0.15, 0.2) is 5.11 Å². The molecule has 1 saturated heterocycles. The molecule has 5 nitrogen and oxygen atoms in total. The van der Waals surface area contributed by atoms with Gasteiger partial charge in [-0.2, -0.15) is 0 Å². The lowest BCUT2D eigenvalue weighted by molar-refractivity contribution is 0.162. The van der Waals surface area contributed by atoms with Crippen molar-refractivity contribution in [2.24, 2.45) is 5.92 Å². The number of nitrogens with zero attached hydrogens (tertiary/aromatic N) is 1. The third-order valence-electron chi connectivity index (χ3n) is 3.67.